The van der Waals surface area contributed by atoms with E-state index in [0.717, 1.165) is 19.3 Å². The van der Waals surface area contributed by atoms with Crippen molar-refractivity contribution in [3.05, 3.63) is 0 Å². The van der Waals surface area contributed by atoms with Gasteiger partial charge in [0.05, 0.1) is 6.54 Å². The smallest absolute Gasteiger partial charge is 0.320 e. The van der Waals surface area contributed by atoms with Crippen LogP contribution < -0.4 is 10.6 Å². The summed E-state index contributed by atoms with van der Waals surface area (Å²) in [6, 6.07) is -0.507. The van der Waals surface area contributed by atoms with E-state index in [-0.39, 0.29) is 18.5 Å². The third-order valence-electron chi connectivity index (χ3n) is 2.97. The summed E-state index contributed by atoms with van der Waals surface area (Å²) in [6.45, 7) is 8.26. The highest BCUT2D eigenvalue weighted by Crippen LogP contribution is 2.06. The van der Waals surface area contributed by atoms with E-state index >= 15 is 0 Å². The first kappa shape index (κ1) is 17.9. The van der Waals surface area contributed by atoms with E-state index in [2.05, 4.69) is 24.5 Å². The number of carboxylic acids is 1. The maximum Gasteiger partial charge on any atom is 0.320 e. The Hall–Kier alpha value is -1.10. The second-order valence-electron chi connectivity index (χ2n) is 5.50. The molecule has 0 radical (unpaired) electrons. The quantitative estimate of drug-likeness (QED) is 0.566. The van der Waals surface area contributed by atoms with Crippen molar-refractivity contribution in [1.29, 1.82) is 0 Å². The summed E-state index contributed by atoms with van der Waals surface area (Å²) in [5.74, 6) is -0.417. The molecule has 0 rings (SSSR count). The molecule has 0 aliphatic heterocycles. The van der Waals surface area contributed by atoms with Crippen LogP contribution in [-0.2, 0) is 9.59 Å². The van der Waals surface area contributed by atoms with Crippen molar-refractivity contribution < 1.29 is 14.7 Å². The van der Waals surface area contributed by atoms with E-state index in [0.29, 0.717) is 12.3 Å². The number of hydrogen-bond acceptors (Lipinski definition) is 3. The Kier molecular flexibility index (Phi) is 9.21. The fourth-order valence-corrected chi connectivity index (χ4v) is 1.80. The summed E-state index contributed by atoms with van der Waals surface area (Å²) in [4.78, 5) is 22.6. The van der Waals surface area contributed by atoms with Gasteiger partial charge in [0, 0.05) is 6.04 Å². The van der Waals surface area contributed by atoms with Crippen LogP contribution >= 0.6 is 0 Å². The molecule has 0 aliphatic rings. The molecule has 0 aromatic heterocycles. The fourth-order valence-electron chi connectivity index (χ4n) is 1.80. The Morgan fingerprint density at radius 1 is 1.11 bits per heavy atom. The second kappa shape index (κ2) is 9.78. The molecule has 1 amide bonds. The van der Waals surface area contributed by atoms with Crippen LogP contribution in [0.3, 0.4) is 0 Å². The summed E-state index contributed by atoms with van der Waals surface area (Å²) in [7, 11) is 0. The van der Waals surface area contributed by atoms with Crippen molar-refractivity contribution in [2.24, 2.45) is 5.92 Å². The molecule has 5 nitrogen and oxygen atoms in total. The number of carbonyl (C=O) groups excluding carboxylic acids is 1. The number of amides is 1. The lowest BCUT2D eigenvalue weighted by molar-refractivity contribution is -0.139. The van der Waals surface area contributed by atoms with E-state index in [1.807, 2.05) is 13.8 Å². The zero-order valence-corrected chi connectivity index (χ0v) is 12.5. The van der Waals surface area contributed by atoms with Gasteiger partial charge in [-0.15, -0.1) is 0 Å². The fraction of sp³-hybridized carbons (Fsp3) is 0.857. The molecule has 5 heteroatoms. The minimum atomic E-state index is -0.900. The molecule has 2 unspecified atom stereocenters. The third kappa shape index (κ3) is 9.47. The molecule has 112 valence electrons. The summed E-state index contributed by atoms with van der Waals surface area (Å²) < 4.78 is 0. The van der Waals surface area contributed by atoms with Crippen LogP contribution in [-0.4, -0.2) is 35.6 Å². The Morgan fingerprint density at radius 2 is 1.74 bits per heavy atom. The van der Waals surface area contributed by atoms with E-state index in [4.69, 9.17) is 5.11 Å². The monoisotopic (exact) mass is 272 g/mol. The van der Waals surface area contributed by atoms with E-state index in [1.54, 1.807) is 0 Å². The van der Waals surface area contributed by atoms with Crippen molar-refractivity contribution in [2.45, 2.75) is 65.5 Å². The van der Waals surface area contributed by atoms with Gasteiger partial charge in [-0.25, -0.2) is 0 Å². The molecule has 3 N–H and O–H groups in total. The first-order chi connectivity index (χ1) is 8.86. The molecule has 0 aromatic carbocycles. The molecule has 0 heterocycles. The van der Waals surface area contributed by atoms with Crippen molar-refractivity contribution >= 4 is 11.9 Å². The predicted octanol–water partition coefficient (Wildman–Crippen LogP) is 1.77. The lowest BCUT2D eigenvalue weighted by Crippen LogP contribution is -2.45. The van der Waals surface area contributed by atoms with E-state index in [1.165, 1.54) is 0 Å². The minimum absolute atomic E-state index is 0.0585. The van der Waals surface area contributed by atoms with Gasteiger partial charge in [0.15, 0.2) is 0 Å². The second-order valence-corrected chi connectivity index (χ2v) is 5.50. The average Bonchev–Trinajstić information content (AvgIpc) is 2.31. The topological polar surface area (TPSA) is 78.4 Å². The molecular weight excluding hydrogens is 244 g/mol. The van der Waals surface area contributed by atoms with Crippen molar-refractivity contribution in [3.8, 4) is 0 Å². The molecule has 0 saturated heterocycles. The molecule has 0 aromatic rings. The van der Waals surface area contributed by atoms with Crippen LogP contribution in [0.4, 0.5) is 0 Å². The lowest BCUT2D eigenvalue weighted by atomic mass is 10.0. The molecule has 0 fully saturated rings. The standard InChI is InChI=1S/C14H28N2O3/c1-5-6-12(14(18)19)15-9-13(17)16-11(4)8-7-10(2)3/h10-12,15H,5-9H2,1-4H3,(H,16,17)(H,18,19). The van der Waals surface area contributed by atoms with Crippen LogP contribution in [0.25, 0.3) is 0 Å². The molecule has 0 saturated carbocycles. The van der Waals surface area contributed by atoms with Gasteiger partial charge in [-0.05, 0) is 32.1 Å². The van der Waals surface area contributed by atoms with Gasteiger partial charge in [-0.1, -0.05) is 27.2 Å². The zero-order valence-electron chi connectivity index (χ0n) is 12.5. The van der Waals surface area contributed by atoms with Crippen LogP contribution in [0, 0.1) is 5.92 Å². The molecular formula is C14H28N2O3. The van der Waals surface area contributed by atoms with Crippen molar-refractivity contribution in [2.75, 3.05) is 6.54 Å². The third-order valence-corrected chi connectivity index (χ3v) is 2.97. The first-order valence-corrected chi connectivity index (χ1v) is 7.12. The summed E-state index contributed by atoms with van der Waals surface area (Å²) in [5, 5.41) is 14.6. The maximum absolute atomic E-state index is 11.7. The van der Waals surface area contributed by atoms with Crippen LogP contribution in [0.2, 0.25) is 0 Å². The zero-order chi connectivity index (χ0) is 14.8. The number of rotatable bonds is 10. The number of hydrogen-bond donors (Lipinski definition) is 3. The minimum Gasteiger partial charge on any atom is -0.480 e. The highest BCUT2D eigenvalue weighted by Gasteiger charge is 2.17. The van der Waals surface area contributed by atoms with E-state index in [9.17, 15) is 9.59 Å². The van der Waals surface area contributed by atoms with Crippen molar-refractivity contribution in [1.82, 2.24) is 10.6 Å². The van der Waals surface area contributed by atoms with Crippen LogP contribution in [0.15, 0.2) is 0 Å². The first-order valence-electron chi connectivity index (χ1n) is 7.12. The van der Waals surface area contributed by atoms with Gasteiger partial charge in [0.2, 0.25) is 5.91 Å². The molecule has 0 spiro atoms. The van der Waals surface area contributed by atoms with Gasteiger partial charge in [-0.3, -0.25) is 14.9 Å². The average molecular weight is 272 g/mol. The molecule has 0 bridgehead atoms. The number of aliphatic carboxylic acids is 1. The summed E-state index contributed by atoms with van der Waals surface area (Å²) in [5.41, 5.74) is 0. The van der Waals surface area contributed by atoms with E-state index < -0.39 is 12.0 Å². The Balaban J connectivity index is 3.93. The number of nitrogens with one attached hydrogen (secondary N) is 2. The van der Waals surface area contributed by atoms with Gasteiger partial charge in [0.25, 0.3) is 0 Å². The molecule has 19 heavy (non-hydrogen) atoms. The SMILES string of the molecule is CCCC(NCC(=O)NC(C)CCC(C)C)C(=O)O. The normalized spacial score (nSPS) is 14.2. The Bertz CT molecular complexity index is 280. The summed E-state index contributed by atoms with van der Waals surface area (Å²) in [6.07, 6.45) is 3.32. The summed E-state index contributed by atoms with van der Waals surface area (Å²) >= 11 is 0. The van der Waals surface area contributed by atoms with Crippen LogP contribution in [0.1, 0.15) is 53.4 Å². The highest BCUT2D eigenvalue weighted by molar-refractivity contribution is 5.80. The highest BCUT2D eigenvalue weighted by atomic mass is 16.4. The van der Waals surface area contributed by atoms with Gasteiger partial charge in [-0.2, -0.15) is 0 Å². The van der Waals surface area contributed by atoms with Crippen LogP contribution in [0.5, 0.6) is 0 Å². The Labute approximate surface area is 116 Å². The maximum atomic E-state index is 11.7. The van der Waals surface area contributed by atoms with Gasteiger partial charge >= 0.3 is 5.97 Å². The molecule has 0 aliphatic carbocycles. The van der Waals surface area contributed by atoms with Gasteiger partial charge < -0.3 is 10.4 Å². The largest absolute Gasteiger partial charge is 0.480 e. The molecule has 2 atom stereocenters. The number of carbonyl (C=O) groups is 2. The van der Waals surface area contributed by atoms with Crippen molar-refractivity contribution in [3.63, 3.8) is 0 Å². The Morgan fingerprint density at radius 3 is 2.21 bits per heavy atom. The lowest BCUT2D eigenvalue weighted by Gasteiger charge is -2.17. The predicted molar refractivity (Wildman–Crippen MR) is 76.0 cm³/mol. The van der Waals surface area contributed by atoms with Gasteiger partial charge in [0.1, 0.15) is 6.04 Å². The number of carboxylic acid groups (broad SMARTS) is 1.